The van der Waals surface area contributed by atoms with Crippen LogP contribution >= 0.6 is 23.6 Å². The summed E-state index contributed by atoms with van der Waals surface area (Å²) in [5.41, 5.74) is 7.02. The molecule has 0 saturated carbocycles. The SMILES string of the molecule is CCCC(Nc1ccc(F)cc1C(N)=S)c1cccs1. The van der Waals surface area contributed by atoms with Crippen molar-refractivity contribution in [1.82, 2.24) is 0 Å². The van der Waals surface area contributed by atoms with Gasteiger partial charge in [0.2, 0.25) is 0 Å². The molecule has 0 fully saturated rings. The number of halogens is 1. The lowest BCUT2D eigenvalue weighted by Crippen LogP contribution is -2.16. The molecule has 0 amide bonds. The Labute approximate surface area is 127 Å². The Morgan fingerprint density at radius 2 is 2.25 bits per heavy atom. The van der Waals surface area contributed by atoms with Gasteiger partial charge in [-0.05, 0) is 36.1 Å². The number of rotatable bonds is 6. The molecule has 0 spiro atoms. The molecular formula is C15H17FN2S2. The first-order valence-electron chi connectivity index (χ1n) is 6.51. The summed E-state index contributed by atoms with van der Waals surface area (Å²) in [5, 5.41) is 5.49. The summed E-state index contributed by atoms with van der Waals surface area (Å²) in [6.45, 7) is 2.14. The van der Waals surface area contributed by atoms with Crippen molar-refractivity contribution in [2.75, 3.05) is 5.32 Å². The van der Waals surface area contributed by atoms with Crippen LogP contribution < -0.4 is 11.1 Å². The van der Waals surface area contributed by atoms with Crippen LogP contribution in [0.2, 0.25) is 0 Å². The van der Waals surface area contributed by atoms with Crippen LogP contribution in [0.25, 0.3) is 0 Å². The van der Waals surface area contributed by atoms with E-state index in [1.165, 1.54) is 17.0 Å². The minimum Gasteiger partial charge on any atom is -0.389 e. The quantitative estimate of drug-likeness (QED) is 0.773. The molecule has 2 aromatic rings. The predicted molar refractivity (Wildman–Crippen MR) is 87.9 cm³/mol. The van der Waals surface area contributed by atoms with Crippen molar-refractivity contribution in [1.29, 1.82) is 0 Å². The molecule has 20 heavy (non-hydrogen) atoms. The molecule has 0 radical (unpaired) electrons. The maximum absolute atomic E-state index is 13.3. The number of thiocarbonyl (C=S) groups is 1. The summed E-state index contributed by atoms with van der Waals surface area (Å²) in [4.78, 5) is 1.46. The van der Waals surface area contributed by atoms with Gasteiger partial charge in [-0.1, -0.05) is 31.6 Å². The fourth-order valence-electron chi connectivity index (χ4n) is 2.10. The lowest BCUT2D eigenvalue weighted by molar-refractivity contribution is 0.627. The normalized spacial score (nSPS) is 12.1. The van der Waals surface area contributed by atoms with Gasteiger partial charge in [0.15, 0.2) is 0 Å². The molecule has 5 heteroatoms. The standard InChI is InChI=1S/C15H17FN2S2/c1-2-4-13(14-5-3-8-20-14)18-12-7-6-10(16)9-11(12)15(17)19/h3,5-9,13,18H,2,4H2,1H3,(H2,17,19). The average molecular weight is 308 g/mol. The van der Waals surface area contributed by atoms with E-state index < -0.39 is 0 Å². The number of anilines is 1. The maximum Gasteiger partial charge on any atom is 0.124 e. The third-order valence-corrected chi connectivity index (χ3v) is 4.25. The molecule has 0 aliphatic carbocycles. The largest absolute Gasteiger partial charge is 0.389 e. The molecule has 106 valence electrons. The highest BCUT2D eigenvalue weighted by molar-refractivity contribution is 7.80. The minimum atomic E-state index is -0.332. The van der Waals surface area contributed by atoms with Gasteiger partial charge in [0.05, 0.1) is 6.04 Å². The highest BCUT2D eigenvalue weighted by Gasteiger charge is 2.14. The van der Waals surface area contributed by atoms with Crippen LogP contribution in [0.3, 0.4) is 0 Å². The van der Waals surface area contributed by atoms with Crippen molar-refractivity contribution in [3.8, 4) is 0 Å². The van der Waals surface area contributed by atoms with E-state index in [0.717, 1.165) is 18.5 Å². The Hall–Kier alpha value is -1.46. The van der Waals surface area contributed by atoms with Crippen LogP contribution in [0, 0.1) is 5.82 Å². The number of nitrogens with one attached hydrogen (secondary N) is 1. The molecular weight excluding hydrogens is 291 g/mol. The van der Waals surface area contributed by atoms with E-state index in [9.17, 15) is 4.39 Å². The van der Waals surface area contributed by atoms with Crippen LogP contribution in [0.15, 0.2) is 35.7 Å². The first-order valence-corrected chi connectivity index (χ1v) is 7.80. The summed E-state index contributed by atoms with van der Waals surface area (Å²) in [5.74, 6) is -0.332. The second-order valence-corrected chi connectivity index (χ2v) is 5.97. The van der Waals surface area contributed by atoms with Gasteiger partial charge in [0.25, 0.3) is 0 Å². The number of thiophene rings is 1. The topological polar surface area (TPSA) is 38.0 Å². The fraction of sp³-hybridized carbons (Fsp3) is 0.267. The molecule has 0 bridgehead atoms. The Kier molecular flexibility index (Phi) is 5.09. The summed E-state index contributed by atoms with van der Waals surface area (Å²) in [7, 11) is 0. The Bertz CT molecular complexity index is 582. The van der Waals surface area contributed by atoms with Crippen LogP contribution in [0.4, 0.5) is 10.1 Å². The summed E-state index contributed by atoms with van der Waals surface area (Å²) in [6, 6.07) is 8.81. The van der Waals surface area contributed by atoms with Crippen LogP contribution in [-0.2, 0) is 0 Å². The number of hydrogen-bond donors (Lipinski definition) is 2. The fourth-order valence-corrected chi connectivity index (χ4v) is 3.08. The molecule has 1 aromatic heterocycles. The van der Waals surface area contributed by atoms with Crippen molar-refractivity contribution in [2.45, 2.75) is 25.8 Å². The molecule has 0 saturated heterocycles. The monoisotopic (exact) mass is 308 g/mol. The molecule has 2 nitrogen and oxygen atoms in total. The average Bonchev–Trinajstić information content (AvgIpc) is 2.93. The second-order valence-electron chi connectivity index (χ2n) is 4.56. The van der Waals surface area contributed by atoms with Gasteiger partial charge in [-0.2, -0.15) is 0 Å². The van der Waals surface area contributed by atoms with Crippen molar-refractivity contribution in [2.24, 2.45) is 5.73 Å². The molecule has 3 N–H and O–H groups in total. The van der Waals surface area contributed by atoms with Crippen molar-refractivity contribution in [3.63, 3.8) is 0 Å². The van der Waals surface area contributed by atoms with Gasteiger partial charge in [-0.15, -0.1) is 11.3 Å². The highest BCUT2D eigenvalue weighted by atomic mass is 32.1. The lowest BCUT2D eigenvalue weighted by atomic mass is 10.1. The van der Waals surface area contributed by atoms with E-state index >= 15 is 0 Å². The summed E-state index contributed by atoms with van der Waals surface area (Å²) in [6.07, 6.45) is 2.05. The molecule has 2 rings (SSSR count). The van der Waals surface area contributed by atoms with Crippen molar-refractivity contribution < 1.29 is 4.39 Å². The molecule has 1 aromatic carbocycles. The summed E-state index contributed by atoms with van der Waals surface area (Å²) >= 11 is 6.71. The minimum absolute atomic E-state index is 0.193. The van der Waals surface area contributed by atoms with Gasteiger partial charge in [0.1, 0.15) is 10.8 Å². The van der Waals surface area contributed by atoms with E-state index in [-0.39, 0.29) is 16.8 Å². The molecule has 0 aliphatic heterocycles. The molecule has 0 aliphatic rings. The van der Waals surface area contributed by atoms with E-state index in [4.69, 9.17) is 18.0 Å². The van der Waals surface area contributed by atoms with Gasteiger partial charge in [0, 0.05) is 16.1 Å². The summed E-state index contributed by atoms with van der Waals surface area (Å²) < 4.78 is 13.3. The van der Waals surface area contributed by atoms with Gasteiger partial charge in [-0.25, -0.2) is 4.39 Å². The first kappa shape index (κ1) is 14.9. The number of hydrogen-bond acceptors (Lipinski definition) is 3. The van der Waals surface area contributed by atoms with Gasteiger partial charge >= 0.3 is 0 Å². The van der Waals surface area contributed by atoms with E-state index in [1.54, 1.807) is 17.4 Å². The van der Waals surface area contributed by atoms with E-state index in [0.29, 0.717) is 5.56 Å². The maximum atomic E-state index is 13.3. The lowest BCUT2D eigenvalue weighted by Gasteiger charge is -2.20. The zero-order valence-corrected chi connectivity index (χ0v) is 12.9. The second kappa shape index (κ2) is 6.81. The molecule has 1 heterocycles. The molecule has 1 atom stereocenters. The Balaban J connectivity index is 2.29. The highest BCUT2D eigenvalue weighted by Crippen LogP contribution is 2.29. The van der Waals surface area contributed by atoms with E-state index in [2.05, 4.69) is 23.7 Å². The first-order chi connectivity index (χ1) is 9.61. The van der Waals surface area contributed by atoms with Gasteiger partial charge in [-0.3, -0.25) is 0 Å². The predicted octanol–water partition coefficient (Wildman–Crippen LogP) is 4.47. The van der Waals surface area contributed by atoms with Gasteiger partial charge < -0.3 is 11.1 Å². The van der Waals surface area contributed by atoms with Crippen LogP contribution in [-0.4, -0.2) is 4.99 Å². The Morgan fingerprint density at radius 1 is 1.45 bits per heavy atom. The smallest absolute Gasteiger partial charge is 0.124 e. The van der Waals surface area contributed by atoms with Crippen LogP contribution in [0.5, 0.6) is 0 Å². The van der Waals surface area contributed by atoms with Crippen molar-refractivity contribution >= 4 is 34.2 Å². The third kappa shape index (κ3) is 3.55. The zero-order chi connectivity index (χ0) is 14.5. The third-order valence-electron chi connectivity index (χ3n) is 3.04. The van der Waals surface area contributed by atoms with E-state index in [1.807, 2.05) is 6.07 Å². The number of benzene rings is 1. The van der Waals surface area contributed by atoms with Crippen LogP contribution in [0.1, 0.15) is 36.2 Å². The number of nitrogens with two attached hydrogens (primary N) is 1. The zero-order valence-electron chi connectivity index (χ0n) is 11.2. The van der Waals surface area contributed by atoms with Crippen molar-refractivity contribution in [3.05, 3.63) is 52.0 Å². The Morgan fingerprint density at radius 3 is 2.85 bits per heavy atom. The molecule has 1 unspecified atom stereocenters.